The van der Waals surface area contributed by atoms with Gasteiger partial charge in [0.1, 0.15) is 12.1 Å². The molecule has 0 aromatic carbocycles. The largest absolute Gasteiger partial charge is 0.480 e. The molecule has 7 N–H and O–H groups in total. The van der Waals surface area contributed by atoms with Crippen LogP contribution in [-0.4, -0.2) is 58.3 Å². The lowest BCUT2D eigenvalue weighted by atomic mass is 9.45. The van der Waals surface area contributed by atoms with E-state index < -0.39 is 23.5 Å². The first kappa shape index (κ1) is 34.7. The Labute approximate surface area is 275 Å². The molecule has 3 saturated carbocycles. The van der Waals surface area contributed by atoms with Crippen LogP contribution in [0.4, 0.5) is 0 Å². The van der Waals surface area contributed by atoms with E-state index in [4.69, 9.17) is 20.6 Å². The summed E-state index contributed by atoms with van der Waals surface area (Å²) in [5, 5.41) is 24.4. The number of aliphatic hydroxyl groups is 1. The highest BCUT2D eigenvalue weighted by Crippen LogP contribution is 2.70. The number of esters is 1. The number of carbonyl (C=O) groups is 3. The molecule has 0 aliphatic heterocycles. The fourth-order valence-electron chi connectivity index (χ4n) is 9.51. The van der Waals surface area contributed by atoms with E-state index in [9.17, 15) is 29.4 Å². The Morgan fingerprint density at radius 1 is 1.06 bits per heavy atom. The summed E-state index contributed by atoms with van der Waals surface area (Å²) in [6, 6.07) is 2.28. The number of hydrogen-bond acceptors (Lipinski definition) is 8. The number of rotatable bonds is 12. The highest BCUT2D eigenvalue weighted by molar-refractivity contribution is 5.83. The van der Waals surface area contributed by atoms with Crippen molar-refractivity contribution in [3.05, 3.63) is 46.0 Å². The maximum atomic E-state index is 12.7. The van der Waals surface area contributed by atoms with Gasteiger partial charge in [0.2, 0.25) is 5.91 Å². The molecular formula is C35H50N4O8. The number of amides is 1. The standard InChI is InChI=1S/C35H50N4O8/c1-33-15-12-23(47-30(42)7-3-6-28(40)39-27(31(43)44)5-4-18-38-32(36)37)19-22(33)9-10-26-25(33)13-16-34(2)24(14-17-35(26,34)45)21-8-11-29(41)46-20-21/h8,11,19-20,23-27,45H,3-7,9-10,12-18H2,1-2H3,(H,39,40)(H,43,44)(H4,36,37,38)/t23-,24+,25-,26+,27-,33-,34+,35-/m0/s1. The number of carbonyl (C=O) groups excluding carboxylic acids is 2. The number of carboxylic acids is 1. The van der Waals surface area contributed by atoms with Gasteiger partial charge in [0, 0.05) is 30.9 Å². The van der Waals surface area contributed by atoms with Crippen LogP contribution in [0, 0.1) is 22.7 Å². The topological polar surface area (TPSA) is 208 Å². The van der Waals surface area contributed by atoms with Crippen molar-refractivity contribution in [3.8, 4) is 0 Å². The van der Waals surface area contributed by atoms with Crippen molar-refractivity contribution >= 4 is 23.8 Å². The Balaban J connectivity index is 1.13. The number of nitrogens with zero attached hydrogens (tertiary/aromatic N) is 1. The minimum absolute atomic E-state index is 0.0150. The number of hydrogen-bond donors (Lipinski definition) is 5. The fourth-order valence-corrected chi connectivity index (χ4v) is 9.51. The number of aliphatic carboxylic acids is 1. The summed E-state index contributed by atoms with van der Waals surface area (Å²) in [5.41, 5.74) is 11.3. The first-order valence-electron chi connectivity index (χ1n) is 17.1. The predicted molar refractivity (Wildman–Crippen MR) is 174 cm³/mol. The van der Waals surface area contributed by atoms with E-state index in [2.05, 4.69) is 30.2 Å². The Morgan fingerprint density at radius 3 is 2.55 bits per heavy atom. The minimum atomic E-state index is -1.14. The number of allylic oxidation sites excluding steroid dienone is 1. The fraction of sp³-hybridized carbons (Fsp3) is 0.686. The van der Waals surface area contributed by atoms with Crippen molar-refractivity contribution in [2.75, 3.05) is 6.54 Å². The molecule has 1 aromatic heterocycles. The lowest BCUT2D eigenvalue weighted by Crippen LogP contribution is -2.60. The zero-order valence-electron chi connectivity index (χ0n) is 27.5. The zero-order chi connectivity index (χ0) is 34.0. The van der Waals surface area contributed by atoms with Crippen molar-refractivity contribution in [3.63, 3.8) is 0 Å². The van der Waals surface area contributed by atoms with Crippen LogP contribution in [0.25, 0.3) is 0 Å². The maximum Gasteiger partial charge on any atom is 0.335 e. The molecule has 8 atom stereocenters. The molecule has 0 unspecified atom stereocenters. The Bertz CT molecular complexity index is 1450. The molecule has 1 heterocycles. The quantitative estimate of drug-likeness (QED) is 0.0728. The van der Waals surface area contributed by atoms with E-state index >= 15 is 0 Å². The molecule has 258 valence electrons. The van der Waals surface area contributed by atoms with Crippen LogP contribution < -0.4 is 22.4 Å². The smallest absolute Gasteiger partial charge is 0.335 e. The van der Waals surface area contributed by atoms with Gasteiger partial charge in [-0.2, -0.15) is 0 Å². The summed E-state index contributed by atoms with van der Waals surface area (Å²) >= 11 is 0. The third-order valence-corrected chi connectivity index (χ3v) is 12.0. The van der Waals surface area contributed by atoms with Crippen LogP contribution in [0.2, 0.25) is 0 Å². The Kier molecular flexibility index (Phi) is 10.2. The van der Waals surface area contributed by atoms with Crippen molar-refractivity contribution in [2.24, 2.45) is 39.1 Å². The summed E-state index contributed by atoms with van der Waals surface area (Å²) in [4.78, 5) is 52.0. The summed E-state index contributed by atoms with van der Waals surface area (Å²) in [7, 11) is 0. The summed E-state index contributed by atoms with van der Waals surface area (Å²) in [6.07, 6.45) is 11.1. The molecule has 4 aliphatic carbocycles. The van der Waals surface area contributed by atoms with E-state index in [-0.39, 0.29) is 78.6 Å². The SMILES string of the molecule is C[C@]12CC[C@H](OC(=O)CCCC(=O)N[C@@H](CCCN=C(N)N)C(=O)O)C=C1CC[C@@H]1[C@@H]2CC[C@]2(C)[C@@H](c3ccc(=O)oc3)CC[C@]12O. The number of nitrogens with two attached hydrogens (primary N) is 2. The molecule has 0 bridgehead atoms. The van der Waals surface area contributed by atoms with Crippen LogP contribution in [0.3, 0.4) is 0 Å². The minimum Gasteiger partial charge on any atom is -0.480 e. The second kappa shape index (κ2) is 13.8. The maximum absolute atomic E-state index is 12.7. The zero-order valence-corrected chi connectivity index (χ0v) is 27.5. The predicted octanol–water partition coefficient (Wildman–Crippen LogP) is 3.51. The molecule has 5 rings (SSSR count). The molecule has 0 saturated heterocycles. The first-order valence-corrected chi connectivity index (χ1v) is 17.1. The van der Waals surface area contributed by atoms with E-state index in [0.29, 0.717) is 18.8 Å². The van der Waals surface area contributed by atoms with Crippen LogP contribution in [0.1, 0.15) is 109 Å². The van der Waals surface area contributed by atoms with Gasteiger partial charge >= 0.3 is 17.6 Å². The normalized spacial score (nSPS) is 33.3. The van der Waals surface area contributed by atoms with Gasteiger partial charge in [-0.25, -0.2) is 9.59 Å². The van der Waals surface area contributed by atoms with E-state index in [1.807, 2.05) is 6.07 Å². The van der Waals surface area contributed by atoms with Gasteiger partial charge in [0.25, 0.3) is 0 Å². The average Bonchev–Trinajstić information content (AvgIpc) is 3.30. The molecule has 1 aromatic rings. The highest BCUT2D eigenvalue weighted by atomic mass is 16.5. The van der Waals surface area contributed by atoms with Crippen LogP contribution >= 0.6 is 0 Å². The second-order valence-electron chi connectivity index (χ2n) is 14.5. The Hall–Kier alpha value is -3.67. The van der Waals surface area contributed by atoms with Crippen LogP contribution in [-0.2, 0) is 19.1 Å². The van der Waals surface area contributed by atoms with Gasteiger partial charge in [0.05, 0.1) is 11.9 Å². The number of ether oxygens (including phenoxy) is 1. The summed E-state index contributed by atoms with van der Waals surface area (Å²) in [5.74, 6) is -1.37. The van der Waals surface area contributed by atoms with Gasteiger partial charge in [0.15, 0.2) is 5.96 Å². The van der Waals surface area contributed by atoms with E-state index in [0.717, 1.165) is 50.5 Å². The van der Waals surface area contributed by atoms with Crippen molar-refractivity contribution in [1.29, 1.82) is 0 Å². The van der Waals surface area contributed by atoms with Crippen molar-refractivity contribution in [2.45, 2.75) is 121 Å². The lowest BCUT2D eigenvalue weighted by molar-refractivity contribution is -0.178. The van der Waals surface area contributed by atoms with E-state index in [1.165, 1.54) is 11.6 Å². The molecule has 0 radical (unpaired) electrons. The number of carboxylic acid groups (broad SMARTS) is 1. The Morgan fingerprint density at radius 2 is 1.85 bits per heavy atom. The van der Waals surface area contributed by atoms with E-state index in [1.54, 1.807) is 6.26 Å². The second-order valence-corrected chi connectivity index (χ2v) is 14.5. The highest BCUT2D eigenvalue weighted by Gasteiger charge is 2.66. The molecule has 12 nitrogen and oxygen atoms in total. The molecule has 4 aliphatic rings. The molecule has 1 amide bonds. The molecule has 3 fully saturated rings. The first-order chi connectivity index (χ1) is 22.3. The lowest BCUT2D eigenvalue weighted by Gasteiger charge is -2.61. The average molecular weight is 655 g/mol. The number of fused-ring (bicyclic) bond motifs is 5. The molecule has 0 spiro atoms. The van der Waals surface area contributed by atoms with Gasteiger partial charge in [-0.15, -0.1) is 0 Å². The third kappa shape index (κ3) is 6.98. The van der Waals surface area contributed by atoms with Gasteiger partial charge in [-0.3, -0.25) is 14.6 Å². The van der Waals surface area contributed by atoms with Crippen molar-refractivity contribution < 1.29 is 33.8 Å². The monoisotopic (exact) mass is 654 g/mol. The van der Waals surface area contributed by atoms with Crippen LogP contribution in [0.15, 0.2) is 44.2 Å². The molecule has 12 heteroatoms. The summed E-state index contributed by atoms with van der Waals surface area (Å²) < 4.78 is 11.0. The summed E-state index contributed by atoms with van der Waals surface area (Å²) in [6.45, 7) is 4.81. The van der Waals surface area contributed by atoms with Crippen molar-refractivity contribution in [1.82, 2.24) is 5.32 Å². The number of nitrogens with one attached hydrogen (secondary N) is 1. The van der Waals surface area contributed by atoms with Gasteiger partial charge in [-0.05, 0) is 112 Å². The van der Waals surface area contributed by atoms with Gasteiger partial charge < -0.3 is 36.2 Å². The molecule has 47 heavy (non-hydrogen) atoms. The number of guanidine groups is 1. The van der Waals surface area contributed by atoms with Gasteiger partial charge in [-0.1, -0.05) is 19.4 Å². The third-order valence-electron chi connectivity index (χ3n) is 12.0. The number of aliphatic imine (C=N–C) groups is 1. The molecular weight excluding hydrogens is 604 g/mol. The van der Waals surface area contributed by atoms with Crippen LogP contribution in [0.5, 0.6) is 0 Å².